The van der Waals surface area contributed by atoms with E-state index >= 15 is 0 Å². The Kier molecular flexibility index (Phi) is 3.81. The van der Waals surface area contributed by atoms with Gasteiger partial charge in [0.05, 0.1) is 12.5 Å². The molecule has 0 spiro atoms. The van der Waals surface area contributed by atoms with E-state index in [1.54, 1.807) is 0 Å². The van der Waals surface area contributed by atoms with Gasteiger partial charge in [-0.2, -0.15) is 0 Å². The second kappa shape index (κ2) is 5.22. The largest absolute Gasteiger partial charge is 0.465 e. The average molecular weight is 322 g/mol. The zero-order valence-corrected chi connectivity index (χ0v) is 15.2. The van der Waals surface area contributed by atoms with Crippen molar-refractivity contribution in [2.75, 3.05) is 6.61 Å². The molecule has 0 aromatic rings. The summed E-state index contributed by atoms with van der Waals surface area (Å²) in [6.07, 6.45) is 2.10. The van der Waals surface area contributed by atoms with Crippen LogP contribution in [0, 0.1) is 40.9 Å². The Balaban J connectivity index is 1.72. The van der Waals surface area contributed by atoms with Crippen LogP contribution in [-0.4, -0.2) is 24.1 Å². The summed E-state index contributed by atoms with van der Waals surface area (Å²) in [6.45, 7) is 12.7. The van der Waals surface area contributed by atoms with Crippen molar-refractivity contribution in [2.45, 2.75) is 60.0 Å². The number of cyclic esters (lactones) is 1. The molecule has 1 aliphatic heterocycles. The highest BCUT2D eigenvalue weighted by Gasteiger charge is 2.56. The Morgan fingerprint density at radius 1 is 1.22 bits per heavy atom. The van der Waals surface area contributed by atoms with E-state index in [-0.39, 0.29) is 23.3 Å². The first kappa shape index (κ1) is 16.8. The van der Waals surface area contributed by atoms with Gasteiger partial charge in [-0.15, -0.1) is 0 Å². The first-order chi connectivity index (χ1) is 10.5. The van der Waals surface area contributed by atoms with E-state index in [1.807, 2.05) is 27.7 Å². The fourth-order valence-corrected chi connectivity index (χ4v) is 5.57. The lowest BCUT2D eigenvalue weighted by Crippen LogP contribution is -2.47. The lowest BCUT2D eigenvalue weighted by atomic mass is 9.72. The third kappa shape index (κ3) is 2.58. The van der Waals surface area contributed by atoms with Crippen LogP contribution in [0.3, 0.4) is 0 Å². The fourth-order valence-electron chi connectivity index (χ4n) is 5.57. The molecule has 1 saturated heterocycles. The summed E-state index contributed by atoms with van der Waals surface area (Å²) in [6, 6.07) is 0. The number of carbonyl (C=O) groups is 2. The van der Waals surface area contributed by atoms with Crippen LogP contribution >= 0.6 is 0 Å². The first-order valence-corrected chi connectivity index (χ1v) is 8.94. The van der Waals surface area contributed by atoms with E-state index in [9.17, 15) is 9.59 Å². The van der Waals surface area contributed by atoms with Gasteiger partial charge in [-0.3, -0.25) is 9.59 Å². The SMILES string of the molecule is CC1C2CC(C(=O)OC(C)(C)C3C(=O)OCC3(C)C)C(C2)C1C. The molecule has 0 radical (unpaired) electrons. The van der Waals surface area contributed by atoms with Crippen molar-refractivity contribution in [3.8, 4) is 0 Å². The number of rotatable bonds is 3. The maximum absolute atomic E-state index is 12.8. The van der Waals surface area contributed by atoms with Crippen LogP contribution in [0.2, 0.25) is 0 Å². The van der Waals surface area contributed by atoms with Gasteiger partial charge in [0.1, 0.15) is 11.5 Å². The van der Waals surface area contributed by atoms with Gasteiger partial charge in [0, 0.05) is 5.41 Å². The molecule has 0 aromatic heterocycles. The van der Waals surface area contributed by atoms with Crippen molar-refractivity contribution in [3.63, 3.8) is 0 Å². The zero-order chi connectivity index (χ0) is 17.2. The molecular weight excluding hydrogens is 292 g/mol. The predicted octanol–water partition coefficient (Wildman–Crippen LogP) is 3.44. The second-order valence-electron chi connectivity index (χ2n) is 9.27. The number of carbonyl (C=O) groups excluding carboxylic acids is 2. The van der Waals surface area contributed by atoms with Gasteiger partial charge in [0.25, 0.3) is 0 Å². The Bertz CT molecular complexity index is 519. The highest BCUT2D eigenvalue weighted by molar-refractivity contribution is 5.79. The van der Waals surface area contributed by atoms with Crippen LogP contribution in [0.5, 0.6) is 0 Å². The molecule has 6 unspecified atom stereocenters. The first-order valence-electron chi connectivity index (χ1n) is 8.94. The van der Waals surface area contributed by atoms with E-state index in [0.29, 0.717) is 30.3 Å². The van der Waals surface area contributed by atoms with Gasteiger partial charge in [-0.25, -0.2) is 0 Å². The number of fused-ring (bicyclic) bond motifs is 2. The molecule has 2 aliphatic carbocycles. The number of esters is 2. The van der Waals surface area contributed by atoms with Crippen molar-refractivity contribution in [2.24, 2.45) is 40.9 Å². The molecule has 0 N–H and O–H groups in total. The molecule has 4 heteroatoms. The van der Waals surface area contributed by atoms with Gasteiger partial charge >= 0.3 is 11.9 Å². The molecule has 3 aliphatic rings. The zero-order valence-electron chi connectivity index (χ0n) is 15.2. The molecular formula is C19H30O4. The molecule has 130 valence electrons. The molecule has 1 heterocycles. The third-order valence-electron chi connectivity index (χ3n) is 6.86. The van der Waals surface area contributed by atoms with Gasteiger partial charge in [-0.05, 0) is 50.4 Å². The Morgan fingerprint density at radius 3 is 2.35 bits per heavy atom. The molecule has 0 amide bonds. The van der Waals surface area contributed by atoms with Crippen molar-refractivity contribution in [1.29, 1.82) is 0 Å². The van der Waals surface area contributed by atoms with E-state index < -0.39 is 11.5 Å². The lowest BCUT2D eigenvalue weighted by molar-refractivity contribution is -0.175. The Labute approximate surface area is 139 Å². The number of hydrogen-bond acceptors (Lipinski definition) is 4. The highest BCUT2D eigenvalue weighted by atomic mass is 16.6. The fraction of sp³-hybridized carbons (Fsp3) is 0.895. The summed E-state index contributed by atoms with van der Waals surface area (Å²) in [7, 11) is 0. The molecule has 3 rings (SSSR count). The average Bonchev–Trinajstić information content (AvgIpc) is 3.04. The standard InChI is InChI=1S/C19H30O4/c1-10-11(2)13-7-12(10)8-14(13)16(20)23-19(5,6)15-17(21)22-9-18(15,3)4/h10-15H,7-9H2,1-6H3. The molecule has 2 bridgehead atoms. The van der Waals surface area contributed by atoms with E-state index in [0.717, 1.165) is 12.8 Å². The molecule has 4 nitrogen and oxygen atoms in total. The summed E-state index contributed by atoms with van der Waals surface area (Å²) in [4.78, 5) is 25.0. The minimum atomic E-state index is -0.829. The molecule has 6 atom stereocenters. The van der Waals surface area contributed by atoms with Crippen LogP contribution in [0.4, 0.5) is 0 Å². The van der Waals surface area contributed by atoms with Gasteiger partial charge in [0.15, 0.2) is 0 Å². The third-order valence-corrected chi connectivity index (χ3v) is 6.86. The van der Waals surface area contributed by atoms with Crippen LogP contribution in [-0.2, 0) is 19.1 Å². The topological polar surface area (TPSA) is 52.6 Å². The Morgan fingerprint density at radius 2 is 1.87 bits per heavy atom. The van der Waals surface area contributed by atoms with Crippen molar-refractivity contribution >= 4 is 11.9 Å². The number of ether oxygens (including phenoxy) is 2. The number of hydrogen-bond donors (Lipinski definition) is 0. The summed E-state index contributed by atoms with van der Waals surface area (Å²) in [5, 5.41) is 0. The predicted molar refractivity (Wildman–Crippen MR) is 86.4 cm³/mol. The van der Waals surface area contributed by atoms with Crippen LogP contribution in [0.1, 0.15) is 54.4 Å². The van der Waals surface area contributed by atoms with Crippen LogP contribution < -0.4 is 0 Å². The van der Waals surface area contributed by atoms with Gasteiger partial charge in [0.2, 0.25) is 0 Å². The minimum absolute atomic E-state index is 0.00557. The van der Waals surface area contributed by atoms with Gasteiger partial charge < -0.3 is 9.47 Å². The lowest BCUT2D eigenvalue weighted by Gasteiger charge is -2.38. The smallest absolute Gasteiger partial charge is 0.313 e. The summed E-state index contributed by atoms with van der Waals surface area (Å²) < 4.78 is 11.1. The van der Waals surface area contributed by atoms with Crippen LogP contribution in [0.15, 0.2) is 0 Å². The van der Waals surface area contributed by atoms with E-state index in [4.69, 9.17) is 9.47 Å². The Hall–Kier alpha value is -1.06. The summed E-state index contributed by atoms with van der Waals surface area (Å²) in [5.74, 6) is 1.63. The van der Waals surface area contributed by atoms with Crippen molar-refractivity contribution < 1.29 is 19.1 Å². The highest BCUT2D eigenvalue weighted by Crippen LogP contribution is 2.55. The normalized spacial score (nSPS) is 41.9. The second-order valence-corrected chi connectivity index (χ2v) is 9.27. The summed E-state index contributed by atoms with van der Waals surface area (Å²) >= 11 is 0. The van der Waals surface area contributed by atoms with Gasteiger partial charge in [-0.1, -0.05) is 27.7 Å². The molecule has 2 saturated carbocycles. The summed E-state index contributed by atoms with van der Waals surface area (Å²) in [5.41, 5.74) is -1.14. The quantitative estimate of drug-likeness (QED) is 0.747. The van der Waals surface area contributed by atoms with E-state index in [2.05, 4.69) is 13.8 Å². The van der Waals surface area contributed by atoms with Crippen molar-refractivity contribution in [1.82, 2.24) is 0 Å². The molecule has 0 aromatic carbocycles. The maximum Gasteiger partial charge on any atom is 0.313 e. The van der Waals surface area contributed by atoms with Crippen LogP contribution in [0.25, 0.3) is 0 Å². The van der Waals surface area contributed by atoms with E-state index in [1.165, 1.54) is 0 Å². The molecule has 3 fully saturated rings. The monoisotopic (exact) mass is 322 g/mol. The molecule has 23 heavy (non-hydrogen) atoms. The maximum atomic E-state index is 12.8. The van der Waals surface area contributed by atoms with Crippen molar-refractivity contribution in [3.05, 3.63) is 0 Å². The minimum Gasteiger partial charge on any atom is -0.465 e.